The number of hydrogen-bond donors (Lipinski definition) is 0. The Morgan fingerprint density at radius 1 is 1.50 bits per heavy atom. The highest BCUT2D eigenvalue weighted by Gasteiger charge is 1.68. The first kappa shape index (κ1) is 7.06. The highest BCUT2D eigenvalue weighted by Crippen LogP contribution is 1.76. The van der Waals surface area contributed by atoms with Crippen LogP contribution in [0.15, 0.2) is 30.7 Å². The molecule has 0 atom stereocenters. The van der Waals surface area contributed by atoms with Crippen LogP contribution in [0.3, 0.4) is 0 Å². The van der Waals surface area contributed by atoms with Crippen molar-refractivity contribution in [3.05, 3.63) is 30.7 Å². The van der Waals surface area contributed by atoms with Crippen LogP contribution < -0.4 is 0 Å². The van der Waals surface area contributed by atoms with E-state index >= 15 is 0 Å². The van der Waals surface area contributed by atoms with E-state index in [4.69, 9.17) is 0 Å². The standard InChI is InChI=1S/C7H11N/c1-4-5-6-7-8(2)3/h5-7H,1H2,2-3H3/b7-6-. The molecule has 1 heteroatoms. The molecule has 0 aromatic carbocycles. The third-order valence-electron chi connectivity index (χ3n) is 0.598. The summed E-state index contributed by atoms with van der Waals surface area (Å²) in [5, 5.41) is 0. The van der Waals surface area contributed by atoms with Crippen LogP contribution in [0.2, 0.25) is 0 Å². The Hall–Kier alpha value is -0.940. The van der Waals surface area contributed by atoms with Gasteiger partial charge in [0, 0.05) is 14.1 Å². The third kappa shape index (κ3) is 5.06. The van der Waals surface area contributed by atoms with Crippen molar-refractivity contribution < 1.29 is 0 Å². The van der Waals surface area contributed by atoms with Gasteiger partial charge in [-0.25, -0.2) is 0 Å². The van der Waals surface area contributed by atoms with Gasteiger partial charge in [0.05, 0.1) is 0 Å². The summed E-state index contributed by atoms with van der Waals surface area (Å²) in [6.45, 7) is 3.41. The van der Waals surface area contributed by atoms with Gasteiger partial charge in [0.1, 0.15) is 0 Å². The van der Waals surface area contributed by atoms with E-state index in [1.807, 2.05) is 31.3 Å². The molecule has 0 heterocycles. The number of hydrogen-bond acceptors (Lipinski definition) is 1. The lowest BCUT2D eigenvalue weighted by molar-refractivity contribution is 0.564. The minimum Gasteiger partial charge on any atom is -0.383 e. The van der Waals surface area contributed by atoms with E-state index in [0.717, 1.165) is 0 Å². The summed E-state index contributed by atoms with van der Waals surface area (Å²) in [6, 6.07) is 0. The third-order valence-corrected chi connectivity index (χ3v) is 0.598. The average Bonchev–Trinajstić information content (AvgIpc) is 1.66. The van der Waals surface area contributed by atoms with Crippen LogP contribution in [0.1, 0.15) is 0 Å². The normalized spacial score (nSPS) is 8.75. The van der Waals surface area contributed by atoms with Gasteiger partial charge in [-0.3, -0.25) is 0 Å². The Kier molecular flexibility index (Phi) is 3.73. The fourth-order valence-electron chi connectivity index (χ4n) is 0.283. The molecule has 0 aliphatic heterocycles. The minimum atomic E-state index is 1.76. The molecule has 0 spiro atoms. The maximum absolute atomic E-state index is 3.41. The minimum absolute atomic E-state index is 1.76. The lowest BCUT2D eigenvalue weighted by Gasteiger charge is -2.00. The van der Waals surface area contributed by atoms with Gasteiger partial charge < -0.3 is 4.90 Å². The van der Waals surface area contributed by atoms with Crippen molar-refractivity contribution >= 4 is 0 Å². The van der Waals surface area contributed by atoms with Gasteiger partial charge in [0.2, 0.25) is 0 Å². The summed E-state index contributed by atoms with van der Waals surface area (Å²) in [4.78, 5) is 1.95. The Morgan fingerprint density at radius 2 is 2.12 bits per heavy atom. The van der Waals surface area contributed by atoms with E-state index in [-0.39, 0.29) is 0 Å². The van der Waals surface area contributed by atoms with Crippen LogP contribution in [0.5, 0.6) is 0 Å². The molecule has 0 saturated heterocycles. The van der Waals surface area contributed by atoms with Crippen molar-refractivity contribution in [1.29, 1.82) is 0 Å². The molecular formula is C7H11N. The Balaban J connectivity index is 3.49. The number of nitrogens with zero attached hydrogens (tertiary/aromatic N) is 1. The largest absolute Gasteiger partial charge is 0.383 e. The van der Waals surface area contributed by atoms with Crippen molar-refractivity contribution in [2.24, 2.45) is 0 Å². The van der Waals surface area contributed by atoms with Gasteiger partial charge in [0.25, 0.3) is 0 Å². The van der Waals surface area contributed by atoms with Crippen LogP contribution >= 0.6 is 0 Å². The molecule has 0 aliphatic carbocycles. The average molecular weight is 109 g/mol. The number of rotatable bonds is 2. The Morgan fingerprint density at radius 3 is 2.50 bits per heavy atom. The second-order valence-corrected chi connectivity index (χ2v) is 1.68. The van der Waals surface area contributed by atoms with Crippen molar-refractivity contribution in [3.63, 3.8) is 0 Å². The van der Waals surface area contributed by atoms with Gasteiger partial charge >= 0.3 is 0 Å². The van der Waals surface area contributed by atoms with E-state index in [1.54, 1.807) is 6.08 Å². The summed E-state index contributed by atoms with van der Waals surface area (Å²) in [5.41, 5.74) is 2.63. The molecule has 0 radical (unpaired) electrons. The first-order valence-electron chi connectivity index (χ1n) is 2.46. The van der Waals surface area contributed by atoms with Crippen molar-refractivity contribution in [2.75, 3.05) is 14.1 Å². The lowest BCUT2D eigenvalue weighted by Crippen LogP contribution is -1.99. The summed E-state index contributed by atoms with van der Waals surface area (Å²) in [5.74, 6) is 0. The molecule has 44 valence electrons. The molecule has 0 unspecified atom stereocenters. The van der Waals surface area contributed by atoms with Crippen LogP contribution in [-0.2, 0) is 0 Å². The second-order valence-electron chi connectivity index (χ2n) is 1.68. The maximum atomic E-state index is 3.41. The molecule has 0 aromatic rings. The van der Waals surface area contributed by atoms with E-state index in [1.165, 1.54) is 0 Å². The molecular weight excluding hydrogens is 98.1 g/mol. The van der Waals surface area contributed by atoms with E-state index in [2.05, 4.69) is 12.3 Å². The van der Waals surface area contributed by atoms with Gasteiger partial charge in [-0.2, -0.15) is 0 Å². The molecule has 0 N–H and O–H groups in total. The zero-order valence-corrected chi connectivity index (χ0v) is 5.39. The number of allylic oxidation sites excluding steroid dienone is 2. The zero-order chi connectivity index (χ0) is 6.41. The quantitative estimate of drug-likeness (QED) is 0.382. The molecule has 0 bridgehead atoms. The van der Waals surface area contributed by atoms with Gasteiger partial charge in [0.15, 0.2) is 0 Å². The lowest BCUT2D eigenvalue weighted by atomic mass is 10.5. The highest BCUT2D eigenvalue weighted by atomic mass is 15.0. The summed E-state index contributed by atoms with van der Waals surface area (Å²) in [6.07, 6.45) is 5.57. The first-order chi connectivity index (χ1) is 3.77. The summed E-state index contributed by atoms with van der Waals surface area (Å²) in [7, 11) is 3.93. The van der Waals surface area contributed by atoms with E-state index in [9.17, 15) is 0 Å². The molecule has 8 heavy (non-hydrogen) atoms. The SMILES string of the molecule is C=C=C/C=C\N(C)C. The molecule has 0 aromatic heterocycles. The fourth-order valence-corrected chi connectivity index (χ4v) is 0.283. The van der Waals surface area contributed by atoms with Crippen LogP contribution in [-0.4, -0.2) is 19.0 Å². The second kappa shape index (κ2) is 4.23. The van der Waals surface area contributed by atoms with E-state index in [0.29, 0.717) is 0 Å². The van der Waals surface area contributed by atoms with Crippen LogP contribution in [0.4, 0.5) is 0 Å². The van der Waals surface area contributed by atoms with Crippen molar-refractivity contribution in [1.82, 2.24) is 4.90 Å². The van der Waals surface area contributed by atoms with E-state index < -0.39 is 0 Å². The molecule has 0 fully saturated rings. The van der Waals surface area contributed by atoms with Gasteiger partial charge in [-0.1, -0.05) is 6.58 Å². The Bertz CT molecular complexity index is 116. The summed E-state index contributed by atoms with van der Waals surface area (Å²) >= 11 is 0. The monoisotopic (exact) mass is 109 g/mol. The highest BCUT2D eigenvalue weighted by molar-refractivity contribution is 4.98. The molecule has 0 saturated carbocycles. The zero-order valence-electron chi connectivity index (χ0n) is 5.39. The molecule has 0 aliphatic rings. The predicted molar refractivity (Wildman–Crippen MR) is 36.5 cm³/mol. The summed E-state index contributed by atoms with van der Waals surface area (Å²) < 4.78 is 0. The maximum Gasteiger partial charge on any atom is 0.00556 e. The van der Waals surface area contributed by atoms with Crippen LogP contribution in [0, 0.1) is 0 Å². The molecule has 1 nitrogen and oxygen atoms in total. The Labute approximate surface area is 50.6 Å². The predicted octanol–water partition coefficient (Wildman–Crippen LogP) is 1.40. The van der Waals surface area contributed by atoms with Crippen molar-refractivity contribution in [2.45, 2.75) is 0 Å². The topological polar surface area (TPSA) is 3.24 Å². The van der Waals surface area contributed by atoms with Crippen molar-refractivity contribution in [3.8, 4) is 0 Å². The van der Waals surface area contributed by atoms with Gasteiger partial charge in [-0.15, -0.1) is 5.73 Å². The first-order valence-corrected chi connectivity index (χ1v) is 2.46. The molecule has 0 amide bonds. The molecule has 0 rings (SSSR count). The van der Waals surface area contributed by atoms with Crippen LogP contribution in [0.25, 0.3) is 0 Å². The smallest absolute Gasteiger partial charge is 0.00556 e. The fraction of sp³-hybridized carbons (Fsp3) is 0.286. The van der Waals surface area contributed by atoms with Gasteiger partial charge in [-0.05, 0) is 18.4 Å².